The molecule has 0 aliphatic carbocycles. The third-order valence-electron chi connectivity index (χ3n) is 9.11. The molecule has 0 radical (unpaired) electrons. The smallest absolute Gasteiger partial charge is 0.410 e. The monoisotopic (exact) mass is 689 g/mol. The maximum absolute atomic E-state index is 14.6. The number of carbonyl (C=O) groups is 5. The fourth-order valence-electron chi connectivity index (χ4n) is 6.78. The third-order valence-corrected chi connectivity index (χ3v) is 9.34. The van der Waals surface area contributed by atoms with Gasteiger partial charge < -0.3 is 25.6 Å². The average molecular weight is 690 g/mol. The van der Waals surface area contributed by atoms with Crippen LogP contribution in [0.5, 0.6) is 0 Å². The molecule has 2 heterocycles. The van der Waals surface area contributed by atoms with Crippen LogP contribution in [0.25, 0.3) is 10.8 Å². The molecular formula is C37H44ClN5O6. The third kappa shape index (κ3) is 8.16. The standard InChI is InChI=1S/C37H44ClN5O6/c1-23-17-19-41(30(33(39)45)21-25-12-7-11-24-10-5-6-15-28(24)25)35(47)32(26-13-8-14-27(38)20-26)43(23)31(44)22-40-34(46)29-16-9-18-42(29)36(48)49-37(2,3)4/h5-8,10-15,20,23,29-30,32H,9,16-19,21-22H2,1-4H3,(H2,39,45)(H,40,46)/t23-,29+,30-,32+/m1/s1. The van der Waals surface area contributed by atoms with Crippen LogP contribution in [-0.2, 0) is 30.3 Å². The zero-order valence-electron chi connectivity index (χ0n) is 28.4. The Morgan fingerprint density at radius 1 is 1.00 bits per heavy atom. The van der Waals surface area contributed by atoms with Gasteiger partial charge in [0.1, 0.15) is 23.7 Å². The van der Waals surface area contributed by atoms with Crippen molar-refractivity contribution in [3.63, 3.8) is 0 Å². The summed E-state index contributed by atoms with van der Waals surface area (Å²) in [5, 5.41) is 5.04. The molecule has 5 amide bonds. The van der Waals surface area contributed by atoms with Crippen molar-refractivity contribution in [2.24, 2.45) is 5.73 Å². The van der Waals surface area contributed by atoms with Gasteiger partial charge in [-0.2, -0.15) is 0 Å². The van der Waals surface area contributed by atoms with E-state index in [1.54, 1.807) is 45.0 Å². The first-order chi connectivity index (χ1) is 23.2. The molecule has 4 atom stereocenters. The highest BCUT2D eigenvalue weighted by Gasteiger charge is 2.44. The second kappa shape index (κ2) is 14.9. The summed E-state index contributed by atoms with van der Waals surface area (Å²) in [5.41, 5.74) is 6.61. The van der Waals surface area contributed by atoms with Crippen LogP contribution < -0.4 is 11.1 Å². The molecule has 5 rings (SSSR count). The zero-order valence-corrected chi connectivity index (χ0v) is 29.1. The minimum absolute atomic E-state index is 0.179. The van der Waals surface area contributed by atoms with E-state index < -0.39 is 66.0 Å². The van der Waals surface area contributed by atoms with Gasteiger partial charge in [-0.3, -0.25) is 24.1 Å². The van der Waals surface area contributed by atoms with Crippen molar-refractivity contribution in [2.75, 3.05) is 19.6 Å². The Bertz CT molecular complexity index is 1740. The van der Waals surface area contributed by atoms with E-state index in [0.29, 0.717) is 36.4 Å². The Morgan fingerprint density at radius 3 is 2.43 bits per heavy atom. The van der Waals surface area contributed by atoms with E-state index >= 15 is 0 Å². The number of fused-ring (bicyclic) bond motifs is 1. The first kappa shape index (κ1) is 35.7. The predicted octanol–water partition coefficient (Wildman–Crippen LogP) is 4.60. The quantitative estimate of drug-likeness (QED) is 0.354. The average Bonchev–Trinajstić information content (AvgIpc) is 3.50. The van der Waals surface area contributed by atoms with E-state index in [1.165, 1.54) is 14.7 Å². The number of hydrogen-bond donors (Lipinski definition) is 2. The first-order valence-corrected chi connectivity index (χ1v) is 17.0. The van der Waals surface area contributed by atoms with Gasteiger partial charge in [0.2, 0.25) is 17.7 Å². The molecule has 2 saturated heterocycles. The van der Waals surface area contributed by atoms with Crippen LogP contribution in [0.4, 0.5) is 4.79 Å². The topological polar surface area (TPSA) is 142 Å². The molecule has 0 spiro atoms. The Kier molecular flexibility index (Phi) is 10.8. The number of benzene rings is 3. The summed E-state index contributed by atoms with van der Waals surface area (Å²) in [6, 6.07) is 17.0. The van der Waals surface area contributed by atoms with Gasteiger partial charge in [-0.05, 0) is 81.0 Å². The van der Waals surface area contributed by atoms with Crippen LogP contribution >= 0.6 is 11.6 Å². The van der Waals surface area contributed by atoms with E-state index in [-0.39, 0.29) is 13.0 Å². The van der Waals surface area contributed by atoms with Crippen molar-refractivity contribution < 1.29 is 28.7 Å². The van der Waals surface area contributed by atoms with E-state index in [2.05, 4.69) is 5.32 Å². The molecule has 2 fully saturated rings. The molecule has 3 N–H and O–H groups in total. The molecule has 0 bridgehead atoms. The maximum atomic E-state index is 14.6. The minimum atomic E-state index is -1.14. The molecule has 2 aliphatic rings. The summed E-state index contributed by atoms with van der Waals surface area (Å²) in [6.07, 6.45) is 1.02. The molecule has 11 nitrogen and oxygen atoms in total. The van der Waals surface area contributed by atoms with E-state index in [4.69, 9.17) is 22.1 Å². The lowest BCUT2D eigenvalue weighted by atomic mass is 9.96. The molecule has 0 aromatic heterocycles. The van der Waals surface area contributed by atoms with Gasteiger partial charge in [0.25, 0.3) is 5.91 Å². The molecule has 3 aromatic rings. The van der Waals surface area contributed by atoms with Gasteiger partial charge in [-0.15, -0.1) is 0 Å². The van der Waals surface area contributed by atoms with Crippen LogP contribution in [-0.4, -0.2) is 87.8 Å². The summed E-state index contributed by atoms with van der Waals surface area (Å²) in [7, 11) is 0. The summed E-state index contributed by atoms with van der Waals surface area (Å²) < 4.78 is 5.49. The molecule has 3 aromatic carbocycles. The van der Waals surface area contributed by atoms with E-state index in [0.717, 1.165) is 16.3 Å². The number of primary amides is 1. The van der Waals surface area contributed by atoms with Crippen molar-refractivity contribution in [2.45, 2.75) is 83.1 Å². The van der Waals surface area contributed by atoms with Crippen LogP contribution in [0, 0.1) is 0 Å². The summed E-state index contributed by atoms with van der Waals surface area (Å²) in [4.78, 5) is 72.2. The molecule has 0 saturated carbocycles. The lowest BCUT2D eigenvalue weighted by Gasteiger charge is -2.36. The molecule has 260 valence electrons. The lowest BCUT2D eigenvalue weighted by Crippen LogP contribution is -2.54. The number of halogens is 1. The van der Waals surface area contributed by atoms with Gasteiger partial charge in [0, 0.05) is 30.6 Å². The minimum Gasteiger partial charge on any atom is -0.444 e. The van der Waals surface area contributed by atoms with Gasteiger partial charge in [0.15, 0.2) is 0 Å². The number of nitrogens with one attached hydrogen (secondary N) is 1. The Labute approximate surface area is 291 Å². The summed E-state index contributed by atoms with van der Waals surface area (Å²) in [5.74, 6) is -2.10. The molecular weight excluding hydrogens is 646 g/mol. The SMILES string of the molecule is C[C@@H]1CCN([C@H](Cc2cccc3ccccc23)C(N)=O)C(=O)[C@H](c2cccc(Cl)c2)N1C(=O)CNC(=O)[C@@H]1CCCN1C(=O)OC(C)(C)C. The fraction of sp³-hybridized carbons (Fsp3) is 0.432. The van der Waals surface area contributed by atoms with Crippen LogP contribution in [0.3, 0.4) is 0 Å². The van der Waals surface area contributed by atoms with Gasteiger partial charge in [-0.25, -0.2) is 4.79 Å². The van der Waals surface area contributed by atoms with E-state index in [9.17, 15) is 24.0 Å². The number of ether oxygens (including phenoxy) is 1. The van der Waals surface area contributed by atoms with E-state index in [1.807, 2.05) is 49.4 Å². The van der Waals surface area contributed by atoms with Gasteiger partial charge in [0.05, 0.1) is 6.54 Å². The molecule has 49 heavy (non-hydrogen) atoms. The largest absolute Gasteiger partial charge is 0.444 e. The fourth-order valence-corrected chi connectivity index (χ4v) is 6.98. The number of nitrogens with two attached hydrogens (primary N) is 1. The normalized spacial score (nSPS) is 20.6. The van der Waals surface area contributed by atoms with Crippen molar-refractivity contribution in [1.82, 2.24) is 20.0 Å². The molecule has 0 unspecified atom stereocenters. The van der Waals surface area contributed by atoms with Gasteiger partial charge in [-0.1, -0.05) is 66.2 Å². The first-order valence-electron chi connectivity index (χ1n) is 16.7. The van der Waals surface area contributed by atoms with Crippen LogP contribution in [0.2, 0.25) is 5.02 Å². The van der Waals surface area contributed by atoms with Crippen molar-refractivity contribution in [1.29, 1.82) is 0 Å². The highest BCUT2D eigenvalue weighted by Crippen LogP contribution is 2.33. The number of carbonyl (C=O) groups excluding carboxylic acids is 5. The molecule has 12 heteroatoms. The molecule has 2 aliphatic heterocycles. The number of rotatable bonds is 8. The maximum Gasteiger partial charge on any atom is 0.410 e. The van der Waals surface area contributed by atoms with Crippen molar-refractivity contribution in [3.8, 4) is 0 Å². The van der Waals surface area contributed by atoms with Crippen LogP contribution in [0.1, 0.15) is 64.1 Å². The number of likely N-dealkylation sites (tertiary alicyclic amines) is 1. The number of nitrogens with zero attached hydrogens (tertiary/aromatic N) is 3. The number of hydrogen-bond acceptors (Lipinski definition) is 6. The lowest BCUT2D eigenvalue weighted by molar-refractivity contribution is -0.148. The summed E-state index contributed by atoms with van der Waals surface area (Å²) in [6.45, 7) is 7.24. The van der Waals surface area contributed by atoms with Crippen molar-refractivity contribution >= 4 is 52.1 Å². The van der Waals surface area contributed by atoms with Crippen molar-refractivity contribution in [3.05, 3.63) is 82.9 Å². The van der Waals surface area contributed by atoms with Crippen LogP contribution in [0.15, 0.2) is 66.7 Å². The second-order valence-electron chi connectivity index (χ2n) is 13.7. The summed E-state index contributed by atoms with van der Waals surface area (Å²) >= 11 is 6.38. The zero-order chi connectivity index (χ0) is 35.5. The Morgan fingerprint density at radius 2 is 1.71 bits per heavy atom. The Balaban J connectivity index is 1.41. The Hall–Kier alpha value is -4.64. The highest BCUT2D eigenvalue weighted by molar-refractivity contribution is 6.30. The highest BCUT2D eigenvalue weighted by atomic mass is 35.5. The second-order valence-corrected chi connectivity index (χ2v) is 14.2. The number of amides is 5. The van der Waals surface area contributed by atoms with Gasteiger partial charge >= 0.3 is 6.09 Å². The predicted molar refractivity (Wildman–Crippen MR) is 186 cm³/mol.